The number of hydrogen-bond acceptors (Lipinski definition) is 1. The topological polar surface area (TPSA) is 12.0 Å². The number of benzene rings is 1. The molecule has 0 radical (unpaired) electrons. The minimum atomic E-state index is 0.438. The fraction of sp³-hybridized carbons (Fsp3) is 0.600. The van der Waals surface area contributed by atoms with Gasteiger partial charge < -0.3 is 5.32 Å². The molecule has 0 bridgehead atoms. The van der Waals surface area contributed by atoms with Crippen LogP contribution in [0.3, 0.4) is 0 Å². The summed E-state index contributed by atoms with van der Waals surface area (Å²) in [6.07, 6.45) is 6.45. The van der Waals surface area contributed by atoms with Gasteiger partial charge in [0.25, 0.3) is 0 Å². The van der Waals surface area contributed by atoms with Crippen molar-refractivity contribution >= 4 is 11.6 Å². The first-order valence-corrected chi connectivity index (χ1v) is 6.94. The molecule has 1 saturated carbocycles. The molecule has 1 N–H and O–H groups in total. The van der Waals surface area contributed by atoms with Crippen molar-refractivity contribution in [3.8, 4) is 0 Å². The molecule has 1 unspecified atom stereocenters. The first kappa shape index (κ1) is 12.9. The molecule has 1 nitrogen and oxygen atoms in total. The molecular weight excluding hydrogens is 230 g/mol. The maximum atomic E-state index is 6.25. The van der Waals surface area contributed by atoms with Crippen molar-refractivity contribution in [3.63, 3.8) is 0 Å². The van der Waals surface area contributed by atoms with Gasteiger partial charge in [-0.2, -0.15) is 0 Å². The van der Waals surface area contributed by atoms with Crippen molar-refractivity contribution in [1.82, 2.24) is 5.32 Å². The van der Waals surface area contributed by atoms with Crippen LogP contribution in [0.5, 0.6) is 0 Å². The fourth-order valence-corrected chi connectivity index (χ4v) is 3.32. The Hall–Kier alpha value is -0.530. The van der Waals surface area contributed by atoms with Gasteiger partial charge in [0.05, 0.1) is 0 Å². The summed E-state index contributed by atoms with van der Waals surface area (Å²) in [6.45, 7) is 2.41. The van der Waals surface area contributed by atoms with E-state index in [-0.39, 0.29) is 0 Å². The number of hydrogen-bond donors (Lipinski definition) is 1. The predicted molar refractivity (Wildman–Crippen MR) is 74.6 cm³/mol. The van der Waals surface area contributed by atoms with Crippen molar-refractivity contribution < 1.29 is 0 Å². The monoisotopic (exact) mass is 251 g/mol. The van der Waals surface area contributed by atoms with Crippen LogP contribution in [-0.4, -0.2) is 13.1 Å². The summed E-state index contributed by atoms with van der Waals surface area (Å²) in [4.78, 5) is 0. The van der Waals surface area contributed by atoms with Gasteiger partial charge in [0.1, 0.15) is 0 Å². The highest BCUT2D eigenvalue weighted by Crippen LogP contribution is 2.41. The third kappa shape index (κ3) is 2.83. The molecule has 1 aliphatic carbocycles. The molecular formula is C15H22ClN. The van der Waals surface area contributed by atoms with Crippen molar-refractivity contribution in [2.45, 2.75) is 45.1 Å². The Balaban J connectivity index is 2.12. The van der Waals surface area contributed by atoms with Crippen LogP contribution >= 0.6 is 11.6 Å². The third-order valence-corrected chi connectivity index (χ3v) is 4.69. The van der Waals surface area contributed by atoms with Gasteiger partial charge >= 0.3 is 0 Å². The van der Waals surface area contributed by atoms with E-state index in [9.17, 15) is 0 Å². The number of nitrogens with one attached hydrogen (secondary N) is 1. The molecule has 0 spiro atoms. The van der Waals surface area contributed by atoms with Crippen LogP contribution in [0.4, 0.5) is 0 Å². The standard InChI is InChI=1S/C15H22ClN/c1-15(9-5-6-10-15)14(17-2)11-12-7-3-4-8-13(12)16/h3-4,7-8,14,17H,5-6,9-11H2,1-2H3. The number of rotatable bonds is 4. The molecule has 2 rings (SSSR count). The van der Waals surface area contributed by atoms with Gasteiger partial charge in [0.2, 0.25) is 0 Å². The summed E-state index contributed by atoms with van der Waals surface area (Å²) < 4.78 is 0. The Morgan fingerprint density at radius 1 is 1.29 bits per heavy atom. The molecule has 0 heterocycles. The Morgan fingerprint density at radius 2 is 1.94 bits per heavy atom. The molecule has 0 saturated heterocycles. The van der Waals surface area contributed by atoms with Crippen LogP contribution in [0, 0.1) is 5.41 Å². The fourth-order valence-electron chi connectivity index (χ4n) is 3.11. The maximum Gasteiger partial charge on any atom is 0.0438 e. The SMILES string of the molecule is CNC(Cc1ccccc1Cl)C1(C)CCCC1. The van der Waals surface area contributed by atoms with E-state index < -0.39 is 0 Å². The second-order valence-corrected chi connectivity index (χ2v) is 5.91. The number of halogens is 1. The Morgan fingerprint density at radius 3 is 2.53 bits per heavy atom. The summed E-state index contributed by atoms with van der Waals surface area (Å²) >= 11 is 6.25. The predicted octanol–water partition coefficient (Wildman–Crippen LogP) is 4.05. The Labute approximate surface area is 110 Å². The van der Waals surface area contributed by atoms with Crippen molar-refractivity contribution in [3.05, 3.63) is 34.9 Å². The van der Waals surface area contributed by atoms with E-state index in [1.54, 1.807) is 0 Å². The quantitative estimate of drug-likeness (QED) is 0.851. The van der Waals surface area contributed by atoms with E-state index >= 15 is 0 Å². The van der Waals surface area contributed by atoms with E-state index in [4.69, 9.17) is 11.6 Å². The van der Waals surface area contributed by atoms with Crippen LogP contribution in [0.15, 0.2) is 24.3 Å². The molecule has 0 aromatic heterocycles. The molecule has 94 valence electrons. The summed E-state index contributed by atoms with van der Waals surface area (Å²) in [5.74, 6) is 0. The zero-order chi connectivity index (χ0) is 12.3. The van der Waals surface area contributed by atoms with Crippen LogP contribution in [0.25, 0.3) is 0 Å². The highest BCUT2D eigenvalue weighted by molar-refractivity contribution is 6.31. The molecule has 17 heavy (non-hydrogen) atoms. The average molecular weight is 252 g/mol. The largest absolute Gasteiger partial charge is 0.316 e. The van der Waals surface area contributed by atoms with Gasteiger partial charge in [-0.15, -0.1) is 0 Å². The lowest BCUT2D eigenvalue weighted by atomic mass is 9.78. The summed E-state index contributed by atoms with van der Waals surface area (Å²) in [5.41, 5.74) is 1.70. The lowest BCUT2D eigenvalue weighted by molar-refractivity contribution is 0.229. The molecule has 0 aliphatic heterocycles. The van der Waals surface area contributed by atoms with Crippen LogP contribution in [-0.2, 0) is 6.42 Å². The third-order valence-electron chi connectivity index (χ3n) is 4.32. The van der Waals surface area contributed by atoms with E-state index in [0.717, 1.165) is 11.4 Å². The lowest BCUT2D eigenvalue weighted by Crippen LogP contribution is -2.41. The molecule has 0 amide bonds. The van der Waals surface area contributed by atoms with Gasteiger partial charge in [0, 0.05) is 11.1 Å². The van der Waals surface area contributed by atoms with Gasteiger partial charge in [-0.25, -0.2) is 0 Å². The van der Waals surface area contributed by atoms with E-state index in [1.165, 1.54) is 31.2 Å². The average Bonchev–Trinajstić information content (AvgIpc) is 2.76. The van der Waals surface area contributed by atoms with E-state index in [1.807, 2.05) is 12.1 Å². The highest BCUT2D eigenvalue weighted by Gasteiger charge is 2.36. The Bertz CT molecular complexity index is 369. The number of likely N-dealkylation sites (N-methyl/N-ethyl adjacent to an activating group) is 1. The van der Waals surface area contributed by atoms with Crippen molar-refractivity contribution in [2.75, 3.05) is 7.05 Å². The molecule has 1 aromatic rings. The van der Waals surface area contributed by atoms with Crippen LogP contribution in [0.1, 0.15) is 38.2 Å². The van der Waals surface area contributed by atoms with Crippen molar-refractivity contribution in [1.29, 1.82) is 0 Å². The second-order valence-electron chi connectivity index (χ2n) is 5.50. The van der Waals surface area contributed by atoms with Crippen LogP contribution < -0.4 is 5.32 Å². The van der Waals surface area contributed by atoms with E-state index in [2.05, 4.69) is 31.4 Å². The van der Waals surface area contributed by atoms with Crippen molar-refractivity contribution in [2.24, 2.45) is 5.41 Å². The van der Waals surface area contributed by atoms with E-state index in [0.29, 0.717) is 11.5 Å². The lowest BCUT2D eigenvalue weighted by Gasteiger charge is -2.34. The minimum absolute atomic E-state index is 0.438. The minimum Gasteiger partial charge on any atom is -0.316 e. The Kier molecular flexibility index (Phi) is 4.11. The smallest absolute Gasteiger partial charge is 0.0438 e. The van der Waals surface area contributed by atoms with Gasteiger partial charge in [-0.3, -0.25) is 0 Å². The zero-order valence-electron chi connectivity index (χ0n) is 10.8. The van der Waals surface area contributed by atoms with Gasteiger partial charge in [0.15, 0.2) is 0 Å². The first-order chi connectivity index (χ1) is 8.15. The first-order valence-electron chi connectivity index (χ1n) is 6.56. The molecule has 2 heteroatoms. The molecule has 1 atom stereocenters. The summed E-state index contributed by atoms with van der Waals surface area (Å²) in [7, 11) is 2.07. The molecule has 1 aromatic carbocycles. The summed E-state index contributed by atoms with van der Waals surface area (Å²) in [5, 5.41) is 4.40. The highest BCUT2D eigenvalue weighted by atomic mass is 35.5. The van der Waals surface area contributed by atoms with Crippen LogP contribution in [0.2, 0.25) is 5.02 Å². The normalized spacial score (nSPS) is 20.4. The zero-order valence-corrected chi connectivity index (χ0v) is 11.6. The molecule has 1 aliphatic rings. The van der Waals surface area contributed by atoms with Gasteiger partial charge in [-0.1, -0.05) is 49.6 Å². The summed E-state index contributed by atoms with van der Waals surface area (Å²) in [6, 6.07) is 8.73. The maximum absolute atomic E-state index is 6.25. The van der Waals surface area contributed by atoms with Gasteiger partial charge in [-0.05, 0) is 43.4 Å². The molecule has 1 fully saturated rings. The second kappa shape index (κ2) is 5.41.